The first-order valence-electron chi connectivity index (χ1n) is 9.25. The minimum absolute atomic E-state index is 0.0857. The lowest BCUT2D eigenvalue weighted by Crippen LogP contribution is -2.53. The number of urea groups is 1. The van der Waals surface area contributed by atoms with E-state index in [0.29, 0.717) is 17.1 Å². The van der Waals surface area contributed by atoms with Crippen LogP contribution in [0.5, 0.6) is 5.75 Å². The molecule has 2 aromatic carbocycles. The fourth-order valence-electron chi connectivity index (χ4n) is 3.24. The zero-order chi connectivity index (χ0) is 21.1. The van der Waals surface area contributed by atoms with Crippen LogP contribution in [0.3, 0.4) is 0 Å². The molecule has 0 aliphatic carbocycles. The minimum atomic E-state index is -0.792. The summed E-state index contributed by atoms with van der Waals surface area (Å²) in [4.78, 5) is 38.7. The third-order valence-corrected chi connectivity index (χ3v) is 4.66. The second-order valence-electron chi connectivity index (χ2n) is 6.59. The van der Waals surface area contributed by atoms with Crippen molar-refractivity contribution in [3.8, 4) is 5.75 Å². The first kappa shape index (κ1) is 19.2. The van der Waals surface area contributed by atoms with Crippen LogP contribution in [0.4, 0.5) is 4.79 Å². The Hall–Kier alpha value is -4.13. The van der Waals surface area contributed by atoms with Crippen LogP contribution >= 0.6 is 0 Å². The fraction of sp³-hybridized carbons (Fsp3) is 0.0870. The van der Waals surface area contributed by atoms with Crippen LogP contribution in [0.25, 0.3) is 16.8 Å². The van der Waals surface area contributed by atoms with Crippen LogP contribution in [0, 0.1) is 0 Å². The number of imide groups is 2. The molecule has 150 valence electrons. The second-order valence-corrected chi connectivity index (χ2v) is 6.59. The van der Waals surface area contributed by atoms with Crippen molar-refractivity contribution in [1.82, 2.24) is 10.2 Å². The first-order chi connectivity index (χ1) is 14.6. The van der Waals surface area contributed by atoms with Crippen LogP contribution in [-0.2, 0) is 16.1 Å². The normalized spacial score (nSPS) is 15.5. The number of furan rings is 1. The average Bonchev–Trinajstić information content (AvgIpc) is 3.26. The number of carbonyl (C=O) groups is 3. The summed E-state index contributed by atoms with van der Waals surface area (Å²) in [6.45, 7) is 3.83. The zero-order valence-corrected chi connectivity index (χ0v) is 16.0. The third kappa shape index (κ3) is 3.60. The number of nitrogens with zero attached hydrogens (tertiary/aromatic N) is 1. The van der Waals surface area contributed by atoms with Crippen molar-refractivity contribution in [3.05, 3.63) is 84.3 Å². The van der Waals surface area contributed by atoms with E-state index >= 15 is 0 Å². The van der Waals surface area contributed by atoms with Crippen LogP contribution in [0.1, 0.15) is 11.3 Å². The van der Waals surface area contributed by atoms with E-state index in [2.05, 4.69) is 11.9 Å². The van der Waals surface area contributed by atoms with Gasteiger partial charge in [-0.25, -0.2) is 4.79 Å². The Morgan fingerprint density at radius 2 is 1.90 bits per heavy atom. The molecular weight excluding hydrogens is 384 g/mol. The van der Waals surface area contributed by atoms with Crippen LogP contribution < -0.4 is 10.1 Å². The summed E-state index contributed by atoms with van der Waals surface area (Å²) in [5.41, 5.74) is 0.404. The molecule has 3 aromatic rings. The lowest BCUT2D eigenvalue weighted by molar-refractivity contribution is -0.130. The van der Waals surface area contributed by atoms with Gasteiger partial charge in [-0.15, -0.1) is 0 Å². The van der Waals surface area contributed by atoms with Gasteiger partial charge < -0.3 is 9.15 Å². The van der Waals surface area contributed by atoms with Crippen molar-refractivity contribution in [2.75, 3.05) is 6.61 Å². The molecule has 7 nitrogen and oxygen atoms in total. The molecule has 0 unspecified atom stereocenters. The van der Waals surface area contributed by atoms with Gasteiger partial charge in [-0.1, -0.05) is 43.0 Å². The predicted octanol–water partition coefficient (Wildman–Crippen LogP) is 3.66. The molecule has 2 heterocycles. The summed E-state index contributed by atoms with van der Waals surface area (Å²) in [5.74, 6) is -0.547. The Labute approximate surface area is 172 Å². The number of hydrogen-bond donors (Lipinski definition) is 1. The molecule has 0 atom stereocenters. The van der Waals surface area contributed by atoms with E-state index in [9.17, 15) is 14.4 Å². The van der Waals surface area contributed by atoms with Crippen molar-refractivity contribution in [1.29, 1.82) is 0 Å². The van der Waals surface area contributed by atoms with Crippen LogP contribution in [0.2, 0.25) is 0 Å². The molecule has 0 saturated carbocycles. The lowest BCUT2D eigenvalue weighted by atomic mass is 10.00. The number of carbonyl (C=O) groups excluding carboxylic acids is 3. The topological polar surface area (TPSA) is 88.8 Å². The molecule has 7 heteroatoms. The van der Waals surface area contributed by atoms with Crippen molar-refractivity contribution >= 4 is 34.7 Å². The molecule has 0 spiro atoms. The molecule has 1 saturated heterocycles. The van der Waals surface area contributed by atoms with Gasteiger partial charge in [0.15, 0.2) is 0 Å². The minimum Gasteiger partial charge on any atom is -0.489 e. The second kappa shape index (κ2) is 8.08. The van der Waals surface area contributed by atoms with Gasteiger partial charge in [0.05, 0.1) is 12.8 Å². The molecule has 1 aliphatic rings. The maximum Gasteiger partial charge on any atom is 0.331 e. The largest absolute Gasteiger partial charge is 0.489 e. The SMILES string of the molecule is C=CCOc1ccc2ccccc2c1/C=C1\C(=O)NC(=O)N(Cc2ccco2)C1=O. The highest BCUT2D eigenvalue weighted by Crippen LogP contribution is 2.31. The Morgan fingerprint density at radius 3 is 2.67 bits per heavy atom. The number of amides is 4. The number of hydrogen-bond acceptors (Lipinski definition) is 5. The van der Waals surface area contributed by atoms with E-state index < -0.39 is 17.8 Å². The Kier molecular flexibility index (Phi) is 5.17. The molecule has 1 N–H and O–H groups in total. The van der Waals surface area contributed by atoms with Crippen molar-refractivity contribution < 1.29 is 23.5 Å². The van der Waals surface area contributed by atoms with Crippen LogP contribution in [-0.4, -0.2) is 29.4 Å². The van der Waals surface area contributed by atoms with Gasteiger partial charge in [0.2, 0.25) is 0 Å². The molecule has 1 fully saturated rings. The highest BCUT2D eigenvalue weighted by atomic mass is 16.5. The predicted molar refractivity (Wildman–Crippen MR) is 110 cm³/mol. The van der Waals surface area contributed by atoms with Gasteiger partial charge >= 0.3 is 6.03 Å². The van der Waals surface area contributed by atoms with Gasteiger partial charge in [-0.3, -0.25) is 19.8 Å². The standard InChI is InChI=1S/C23H18N2O5/c1-2-11-30-20-10-9-15-6-3-4-8-17(15)18(20)13-19-21(26)24-23(28)25(22(19)27)14-16-7-5-12-29-16/h2-10,12-13H,1,11,14H2,(H,24,26,28)/b19-13+. The number of barbiturate groups is 1. The first-order valence-corrected chi connectivity index (χ1v) is 9.25. The molecule has 0 bridgehead atoms. The van der Waals surface area contributed by atoms with Gasteiger partial charge in [0.25, 0.3) is 11.8 Å². The summed E-state index contributed by atoms with van der Waals surface area (Å²) in [6, 6.07) is 13.7. The summed E-state index contributed by atoms with van der Waals surface area (Å²) < 4.78 is 11.0. The maximum atomic E-state index is 13.0. The smallest absolute Gasteiger partial charge is 0.331 e. The summed E-state index contributed by atoms with van der Waals surface area (Å²) in [6.07, 6.45) is 4.51. The highest BCUT2D eigenvalue weighted by molar-refractivity contribution is 6.31. The summed E-state index contributed by atoms with van der Waals surface area (Å²) in [7, 11) is 0. The van der Waals surface area contributed by atoms with Gasteiger partial charge in [0, 0.05) is 5.56 Å². The Balaban J connectivity index is 1.79. The molecule has 30 heavy (non-hydrogen) atoms. The molecule has 4 amide bonds. The summed E-state index contributed by atoms with van der Waals surface area (Å²) >= 11 is 0. The van der Waals surface area contributed by atoms with Gasteiger partial charge in [0.1, 0.15) is 23.7 Å². The van der Waals surface area contributed by atoms with Gasteiger partial charge in [-0.05, 0) is 35.0 Å². The number of nitrogens with one attached hydrogen (secondary N) is 1. The Morgan fingerprint density at radius 1 is 1.07 bits per heavy atom. The van der Waals surface area contributed by atoms with Crippen molar-refractivity contribution in [2.45, 2.75) is 6.54 Å². The van der Waals surface area contributed by atoms with Crippen molar-refractivity contribution in [3.63, 3.8) is 0 Å². The number of benzene rings is 2. The van der Waals surface area contributed by atoms with E-state index in [4.69, 9.17) is 9.15 Å². The highest BCUT2D eigenvalue weighted by Gasteiger charge is 2.36. The average molecular weight is 402 g/mol. The summed E-state index contributed by atoms with van der Waals surface area (Å²) in [5, 5.41) is 3.94. The number of rotatable bonds is 6. The number of fused-ring (bicyclic) bond motifs is 1. The van der Waals surface area contributed by atoms with E-state index in [1.807, 2.05) is 30.3 Å². The van der Waals surface area contributed by atoms with E-state index in [0.717, 1.165) is 15.7 Å². The van der Waals surface area contributed by atoms with E-state index in [1.165, 1.54) is 12.3 Å². The quantitative estimate of drug-likeness (QED) is 0.386. The Bertz CT molecular complexity index is 1180. The zero-order valence-electron chi connectivity index (χ0n) is 16.0. The van der Waals surface area contributed by atoms with Crippen molar-refractivity contribution in [2.24, 2.45) is 0 Å². The van der Waals surface area contributed by atoms with Crippen LogP contribution in [0.15, 0.2) is 77.4 Å². The molecule has 4 rings (SSSR count). The number of ether oxygens (including phenoxy) is 1. The molecular formula is C23H18N2O5. The molecule has 1 aliphatic heterocycles. The molecule has 1 aromatic heterocycles. The van der Waals surface area contributed by atoms with E-state index in [-0.39, 0.29) is 18.7 Å². The van der Waals surface area contributed by atoms with E-state index in [1.54, 1.807) is 24.3 Å². The van der Waals surface area contributed by atoms with Gasteiger partial charge in [-0.2, -0.15) is 0 Å². The lowest BCUT2D eigenvalue weighted by Gasteiger charge is -2.25. The third-order valence-electron chi connectivity index (χ3n) is 4.66. The molecule has 0 radical (unpaired) electrons. The fourth-order valence-corrected chi connectivity index (χ4v) is 3.24. The maximum absolute atomic E-state index is 13.0. The monoisotopic (exact) mass is 402 g/mol.